The zero-order valence-electron chi connectivity index (χ0n) is 19.6. The fourth-order valence-corrected chi connectivity index (χ4v) is 2.20. The van der Waals surface area contributed by atoms with Gasteiger partial charge in [-0.05, 0) is 30.4 Å². The minimum atomic E-state index is -1.44. The molecular weight excluding hydrogens is 409 g/mol. The lowest BCUT2D eigenvalue weighted by molar-refractivity contribution is -0.445. The minimum Gasteiger partial charge on any atom is -0.426 e. The van der Waals surface area contributed by atoms with Crippen LogP contribution < -0.4 is 10.6 Å². The number of amides is 1. The lowest BCUT2D eigenvalue weighted by Gasteiger charge is -2.06. The summed E-state index contributed by atoms with van der Waals surface area (Å²) in [7, 11) is -0.551. The van der Waals surface area contributed by atoms with E-state index >= 15 is 0 Å². The van der Waals surface area contributed by atoms with Gasteiger partial charge in [0.05, 0.1) is 6.44 Å². The van der Waals surface area contributed by atoms with Gasteiger partial charge >= 0.3 is 7.12 Å². The molecule has 2 aromatic carbocycles. The number of nitrogens with one attached hydrogen (secondary N) is 2. The summed E-state index contributed by atoms with van der Waals surface area (Å²) in [4.78, 5) is 17.7. The molecule has 1 heterocycles. The van der Waals surface area contributed by atoms with Crippen LogP contribution in [0.4, 0.5) is 0 Å². The summed E-state index contributed by atoms with van der Waals surface area (Å²) in [5, 5.41) is 30.3. The highest BCUT2D eigenvalue weighted by atomic mass is 16.6. The largest absolute Gasteiger partial charge is 0.472 e. The van der Waals surface area contributed by atoms with E-state index in [0.29, 0.717) is 6.41 Å². The summed E-state index contributed by atoms with van der Waals surface area (Å²) in [6, 6.07) is 22.8. The van der Waals surface area contributed by atoms with Crippen molar-refractivity contribution in [3.8, 4) is 0 Å². The van der Waals surface area contributed by atoms with E-state index in [0.717, 1.165) is 25.4 Å². The monoisotopic (exact) mass is 447 g/mol. The summed E-state index contributed by atoms with van der Waals surface area (Å²) in [5.74, 6) is 1.59. The van der Waals surface area contributed by atoms with Crippen LogP contribution in [-0.4, -0.2) is 55.1 Å². The SMILES string of the molecule is CC(C)C.C[N+](=O)[O-].O=CNCB(O)O.c1ccc(C2CCNC2)cc1.c1ccccc1. The molecule has 1 aliphatic heterocycles. The molecule has 1 unspecified atom stereocenters. The van der Waals surface area contributed by atoms with Gasteiger partial charge in [-0.1, -0.05) is 87.5 Å². The van der Waals surface area contributed by atoms with E-state index in [1.165, 1.54) is 18.5 Å². The van der Waals surface area contributed by atoms with Gasteiger partial charge in [-0.2, -0.15) is 0 Å². The van der Waals surface area contributed by atoms with E-state index in [1.54, 1.807) is 0 Å². The van der Waals surface area contributed by atoms with Gasteiger partial charge in [0.15, 0.2) is 7.05 Å². The van der Waals surface area contributed by atoms with Gasteiger partial charge in [0, 0.05) is 11.5 Å². The third-order valence-electron chi connectivity index (χ3n) is 3.38. The summed E-state index contributed by atoms with van der Waals surface area (Å²) >= 11 is 0. The van der Waals surface area contributed by atoms with E-state index < -0.39 is 12.0 Å². The highest BCUT2D eigenvalue weighted by Gasteiger charge is 2.15. The van der Waals surface area contributed by atoms with Gasteiger partial charge in [0.25, 0.3) is 0 Å². The number of carbonyl (C=O) groups excluding carboxylic acids is 1. The summed E-state index contributed by atoms with van der Waals surface area (Å²) in [5.41, 5.74) is 1.48. The molecule has 0 spiro atoms. The van der Waals surface area contributed by atoms with Crippen LogP contribution in [0.3, 0.4) is 0 Å². The number of hydrogen-bond donors (Lipinski definition) is 4. The third-order valence-corrected chi connectivity index (χ3v) is 3.38. The van der Waals surface area contributed by atoms with Gasteiger partial charge in [0.1, 0.15) is 0 Å². The number of nitrogens with zero attached hydrogens (tertiary/aromatic N) is 1. The molecular formula is C23H38BN3O5. The lowest BCUT2D eigenvalue weighted by atomic mass is 9.93. The van der Waals surface area contributed by atoms with E-state index in [2.05, 4.69) is 61.7 Å². The quantitative estimate of drug-likeness (QED) is 0.247. The maximum Gasteiger partial charge on any atom is 0.472 e. The number of carbonyl (C=O) groups is 1. The molecule has 0 aliphatic carbocycles. The van der Waals surface area contributed by atoms with Crippen molar-refractivity contribution in [1.82, 2.24) is 10.6 Å². The van der Waals surface area contributed by atoms with Crippen LogP contribution in [0.2, 0.25) is 0 Å². The Morgan fingerprint density at radius 2 is 1.50 bits per heavy atom. The van der Waals surface area contributed by atoms with Crippen molar-refractivity contribution in [1.29, 1.82) is 0 Å². The third kappa shape index (κ3) is 27.3. The summed E-state index contributed by atoms with van der Waals surface area (Å²) < 4.78 is 0. The average molecular weight is 447 g/mol. The van der Waals surface area contributed by atoms with Gasteiger partial charge < -0.3 is 20.7 Å². The molecule has 4 N–H and O–H groups in total. The molecule has 2 aromatic rings. The average Bonchev–Trinajstić information content (AvgIpc) is 3.29. The molecule has 1 amide bonds. The van der Waals surface area contributed by atoms with Gasteiger partial charge in [-0.25, -0.2) is 0 Å². The van der Waals surface area contributed by atoms with Crippen LogP contribution in [0.15, 0.2) is 66.7 Å². The Bertz CT molecular complexity index is 622. The first-order chi connectivity index (χ1) is 15.2. The highest BCUT2D eigenvalue weighted by molar-refractivity contribution is 6.41. The first-order valence-corrected chi connectivity index (χ1v) is 10.6. The number of nitro groups is 1. The van der Waals surface area contributed by atoms with E-state index in [9.17, 15) is 4.79 Å². The summed E-state index contributed by atoms with van der Waals surface area (Å²) in [6.45, 7) is 8.84. The maximum absolute atomic E-state index is 9.38. The van der Waals surface area contributed by atoms with Crippen LogP contribution in [-0.2, 0) is 4.79 Å². The second-order valence-corrected chi connectivity index (χ2v) is 7.43. The van der Waals surface area contributed by atoms with Crippen molar-refractivity contribution in [3.05, 3.63) is 82.4 Å². The van der Waals surface area contributed by atoms with Crippen molar-refractivity contribution in [2.24, 2.45) is 5.92 Å². The van der Waals surface area contributed by atoms with Gasteiger partial charge in [-0.15, -0.1) is 0 Å². The van der Waals surface area contributed by atoms with Crippen LogP contribution >= 0.6 is 0 Å². The minimum absolute atomic E-state index is 0.108. The second-order valence-electron chi connectivity index (χ2n) is 7.43. The Labute approximate surface area is 192 Å². The number of hydrogen-bond acceptors (Lipinski definition) is 6. The van der Waals surface area contributed by atoms with Gasteiger partial charge in [-0.3, -0.25) is 14.9 Å². The first kappa shape index (κ1) is 31.4. The van der Waals surface area contributed by atoms with Crippen molar-refractivity contribution < 1.29 is 19.8 Å². The highest BCUT2D eigenvalue weighted by Crippen LogP contribution is 2.21. The smallest absolute Gasteiger partial charge is 0.426 e. The molecule has 3 rings (SSSR count). The van der Waals surface area contributed by atoms with Gasteiger partial charge in [0.2, 0.25) is 6.41 Å². The Kier molecular flexibility index (Phi) is 22.5. The standard InChI is InChI=1S/C10H13N.C6H6.C4H10.C2H6BNO3.CH3NO2/c1-2-4-9(5-3-1)10-6-7-11-8-10;1-2-4-6-5-3-1;1-4(2)3;5-2-4-1-3(6)7;1-2(3)4/h1-5,10-11H,6-8H2;1-6H;4H,1-3H3;2,6-7H,1H2,(H,4,5);1H3. The molecule has 1 fully saturated rings. The molecule has 0 aromatic heterocycles. The molecule has 9 heteroatoms. The topological polar surface area (TPSA) is 125 Å². The Hall–Kier alpha value is -2.75. The molecule has 1 saturated heterocycles. The molecule has 0 saturated carbocycles. The van der Waals surface area contributed by atoms with Crippen molar-refractivity contribution >= 4 is 13.5 Å². The maximum atomic E-state index is 9.38. The van der Waals surface area contributed by atoms with Crippen LogP contribution in [0.5, 0.6) is 0 Å². The molecule has 8 nitrogen and oxygen atoms in total. The zero-order valence-corrected chi connectivity index (χ0v) is 19.6. The van der Waals surface area contributed by atoms with Crippen molar-refractivity contribution in [2.45, 2.75) is 33.1 Å². The molecule has 1 atom stereocenters. The van der Waals surface area contributed by atoms with E-state index in [-0.39, 0.29) is 6.44 Å². The van der Waals surface area contributed by atoms with E-state index in [1.807, 2.05) is 36.4 Å². The normalized spacial score (nSPS) is 13.3. The fourth-order valence-electron chi connectivity index (χ4n) is 2.20. The zero-order chi connectivity index (χ0) is 24.6. The van der Waals surface area contributed by atoms with Crippen molar-refractivity contribution in [2.75, 3.05) is 26.6 Å². The fraction of sp³-hybridized carbons (Fsp3) is 0.435. The van der Waals surface area contributed by atoms with Crippen LogP contribution in [0, 0.1) is 16.0 Å². The summed E-state index contributed by atoms with van der Waals surface area (Å²) in [6.07, 6.45) is 1.59. The lowest BCUT2D eigenvalue weighted by Crippen LogP contribution is -2.29. The van der Waals surface area contributed by atoms with E-state index in [4.69, 9.17) is 20.2 Å². The second kappa shape index (κ2) is 22.9. The Morgan fingerprint density at radius 1 is 1.09 bits per heavy atom. The van der Waals surface area contributed by atoms with Crippen LogP contribution in [0.1, 0.15) is 38.7 Å². The van der Waals surface area contributed by atoms with Crippen molar-refractivity contribution in [3.63, 3.8) is 0 Å². The molecule has 1 aliphatic rings. The molecule has 32 heavy (non-hydrogen) atoms. The molecule has 178 valence electrons. The Morgan fingerprint density at radius 3 is 1.78 bits per heavy atom. The predicted molar refractivity (Wildman–Crippen MR) is 131 cm³/mol. The molecule has 0 bridgehead atoms. The van der Waals surface area contributed by atoms with Crippen LogP contribution in [0.25, 0.3) is 0 Å². The Balaban J connectivity index is 0. The molecule has 0 radical (unpaired) electrons. The predicted octanol–water partition coefficient (Wildman–Crippen LogP) is 2.75. The number of benzene rings is 2. The first-order valence-electron chi connectivity index (χ1n) is 10.6. The number of rotatable bonds is 4.